The third kappa shape index (κ3) is 4.11. The molecule has 1 aromatic carbocycles. The van der Waals surface area contributed by atoms with E-state index in [1.165, 1.54) is 19.3 Å². The summed E-state index contributed by atoms with van der Waals surface area (Å²) in [4.78, 5) is 25.5. The van der Waals surface area contributed by atoms with Crippen LogP contribution in [0.25, 0.3) is 0 Å². The Morgan fingerprint density at radius 3 is 2.52 bits per heavy atom. The van der Waals surface area contributed by atoms with Gasteiger partial charge in [0.05, 0.1) is 4.92 Å². The van der Waals surface area contributed by atoms with Crippen molar-refractivity contribution in [3.8, 4) is 0 Å². The number of benzene rings is 1. The minimum atomic E-state index is -0.335. The first kappa shape index (κ1) is 17.7. The molecule has 0 spiro atoms. The minimum Gasteiger partial charge on any atom is -0.366 e. The summed E-state index contributed by atoms with van der Waals surface area (Å²) in [5.41, 5.74) is 0.800. The van der Waals surface area contributed by atoms with Crippen LogP contribution in [-0.2, 0) is 4.79 Å². The van der Waals surface area contributed by atoms with Gasteiger partial charge in [0.25, 0.3) is 5.69 Å². The van der Waals surface area contributed by atoms with Gasteiger partial charge in [0.1, 0.15) is 5.69 Å². The van der Waals surface area contributed by atoms with Crippen LogP contribution in [-0.4, -0.2) is 30.0 Å². The first-order valence-corrected chi connectivity index (χ1v) is 9.35. The molecular weight excluding hydrogens is 318 g/mol. The van der Waals surface area contributed by atoms with Crippen LogP contribution in [0.1, 0.15) is 45.4 Å². The lowest BCUT2D eigenvalue weighted by molar-refractivity contribution is -0.384. The Balaban J connectivity index is 1.57. The number of nitrogens with one attached hydrogen (secondary N) is 1. The first-order chi connectivity index (χ1) is 12.1. The summed E-state index contributed by atoms with van der Waals surface area (Å²) < 4.78 is 0. The van der Waals surface area contributed by atoms with Gasteiger partial charge in [-0.15, -0.1) is 0 Å². The van der Waals surface area contributed by atoms with Crippen molar-refractivity contribution in [2.24, 2.45) is 11.8 Å². The highest BCUT2D eigenvalue weighted by Gasteiger charge is 2.30. The number of amides is 1. The van der Waals surface area contributed by atoms with Crippen LogP contribution in [0, 0.1) is 22.0 Å². The maximum Gasteiger partial charge on any atom is 0.292 e. The topological polar surface area (TPSA) is 75.5 Å². The zero-order valence-corrected chi connectivity index (χ0v) is 14.8. The number of carbonyl (C=O) groups is 1. The van der Waals surface area contributed by atoms with E-state index in [-0.39, 0.29) is 22.4 Å². The van der Waals surface area contributed by atoms with Gasteiger partial charge in [0.2, 0.25) is 5.91 Å². The van der Waals surface area contributed by atoms with Crippen molar-refractivity contribution in [3.63, 3.8) is 0 Å². The van der Waals surface area contributed by atoms with Gasteiger partial charge in [-0.3, -0.25) is 14.9 Å². The van der Waals surface area contributed by atoms with Crippen molar-refractivity contribution in [1.82, 2.24) is 5.32 Å². The van der Waals surface area contributed by atoms with Crippen LogP contribution in [0.2, 0.25) is 0 Å². The van der Waals surface area contributed by atoms with Gasteiger partial charge in [-0.2, -0.15) is 0 Å². The number of piperidine rings is 1. The average molecular weight is 345 g/mol. The number of nitro groups is 1. The highest BCUT2D eigenvalue weighted by molar-refractivity contribution is 5.79. The standard InChI is InChI=1S/C19H27N3O3/c1-14-6-2-3-7-16(14)20-19(23)15-10-12-21(13-11-15)17-8-4-5-9-18(17)22(24)25/h4-5,8-9,14-16H,2-3,6-7,10-13H2,1H3,(H,20,23)/t14-,16+/m1/s1. The Morgan fingerprint density at radius 2 is 1.84 bits per heavy atom. The van der Waals surface area contributed by atoms with E-state index in [0.717, 1.165) is 19.3 Å². The Hall–Kier alpha value is -2.11. The fraction of sp³-hybridized carbons (Fsp3) is 0.632. The number of hydrogen-bond acceptors (Lipinski definition) is 4. The van der Waals surface area contributed by atoms with Crippen molar-refractivity contribution in [2.45, 2.75) is 51.5 Å². The SMILES string of the molecule is C[C@@H]1CCCC[C@@H]1NC(=O)C1CCN(c2ccccc2[N+](=O)[O-])CC1. The van der Waals surface area contributed by atoms with E-state index in [0.29, 0.717) is 30.7 Å². The van der Waals surface area contributed by atoms with Gasteiger partial charge in [0, 0.05) is 31.1 Å². The second kappa shape index (κ2) is 7.85. The van der Waals surface area contributed by atoms with Crippen LogP contribution in [0.4, 0.5) is 11.4 Å². The number of para-hydroxylation sites is 2. The van der Waals surface area contributed by atoms with Crippen molar-refractivity contribution >= 4 is 17.3 Å². The molecule has 3 rings (SSSR count). The number of carbonyl (C=O) groups excluding carboxylic acids is 1. The average Bonchev–Trinajstić information content (AvgIpc) is 2.63. The Labute approximate surface area is 148 Å². The molecule has 6 nitrogen and oxygen atoms in total. The molecule has 1 amide bonds. The number of nitro benzene ring substituents is 1. The summed E-state index contributed by atoms with van der Waals surface area (Å²) >= 11 is 0. The van der Waals surface area contributed by atoms with Crippen LogP contribution in [0.3, 0.4) is 0 Å². The highest BCUT2D eigenvalue weighted by atomic mass is 16.6. The third-order valence-electron chi connectivity index (χ3n) is 5.72. The second-order valence-corrected chi connectivity index (χ2v) is 7.38. The molecule has 2 aliphatic rings. The molecule has 1 aliphatic carbocycles. The van der Waals surface area contributed by atoms with E-state index in [2.05, 4.69) is 12.2 Å². The molecule has 2 fully saturated rings. The Morgan fingerprint density at radius 1 is 1.16 bits per heavy atom. The zero-order valence-electron chi connectivity index (χ0n) is 14.8. The minimum absolute atomic E-state index is 0.0214. The summed E-state index contributed by atoms with van der Waals surface area (Å²) in [6, 6.07) is 7.16. The molecule has 1 saturated heterocycles. The summed E-state index contributed by atoms with van der Waals surface area (Å²) in [7, 11) is 0. The van der Waals surface area contributed by atoms with Crippen LogP contribution in [0.15, 0.2) is 24.3 Å². The molecule has 6 heteroatoms. The summed E-state index contributed by atoms with van der Waals surface area (Å²) in [6.45, 7) is 3.59. The van der Waals surface area contributed by atoms with Gasteiger partial charge >= 0.3 is 0 Å². The molecular formula is C19H27N3O3. The van der Waals surface area contributed by atoms with E-state index < -0.39 is 0 Å². The maximum absolute atomic E-state index is 12.6. The van der Waals surface area contributed by atoms with Gasteiger partial charge in [-0.25, -0.2) is 0 Å². The highest BCUT2D eigenvalue weighted by Crippen LogP contribution is 2.31. The summed E-state index contributed by atoms with van der Waals surface area (Å²) in [5.74, 6) is 0.749. The Bertz CT molecular complexity index is 626. The molecule has 1 aliphatic heterocycles. The third-order valence-corrected chi connectivity index (χ3v) is 5.72. The number of rotatable bonds is 4. The first-order valence-electron chi connectivity index (χ1n) is 9.35. The van der Waals surface area contributed by atoms with Gasteiger partial charge in [0.15, 0.2) is 0 Å². The fourth-order valence-electron chi connectivity index (χ4n) is 4.10. The van der Waals surface area contributed by atoms with Crippen molar-refractivity contribution in [3.05, 3.63) is 34.4 Å². The van der Waals surface area contributed by atoms with E-state index in [4.69, 9.17) is 0 Å². The van der Waals surface area contributed by atoms with Crippen LogP contribution in [0.5, 0.6) is 0 Å². The summed E-state index contributed by atoms with van der Waals surface area (Å²) in [6.07, 6.45) is 6.24. The number of anilines is 1. The van der Waals surface area contributed by atoms with Crippen molar-refractivity contribution in [1.29, 1.82) is 0 Å². The molecule has 1 saturated carbocycles. The monoisotopic (exact) mass is 345 g/mol. The van der Waals surface area contributed by atoms with E-state index in [9.17, 15) is 14.9 Å². The van der Waals surface area contributed by atoms with Crippen LogP contribution >= 0.6 is 0 Å². The molecule has 1 heterocycles. The largest absolute Gasteiger partial charge is 0.366 e. The van der Waals surface area contributed by atoms with Crippen molar-refractivity contribution in [2.75, 3.05) is 18.0 Å². The lowest BCUT2D eigenvalue weighted by atomic mass is 9.85. The quantitative estimate of drug-likeness (QED) is 0.669. The molecule has 0 bridgehead atoms. The van der Waals surface area contributed by atoms with Crippen LogP contribution < -0.4 is 10.2 Å². The van der Waals surface area contributed by atoms with E-state index in [1.807, 2.05) is 11.0 Å². The molecule has 1 aromatic rings. The zero-order chi connectivity index (χ0) is 17.8. The molecule has 136 valence electrons. The maximum atomic E-state index is 12.6. The molecule has 2 atom stereocenters. The smallest absolute Gasteiger partial charge is 0.292 e. The Kier molecular flexibility index (Phi) is 5.56. The lowest BCUT2D eigenvalue weighted by Crippen LogP contribution is -2.46. The van der Waals surface area contributed by atoms with Gasteiger partial charge < -0.3 is 10.2 Å². The van der Waals surface area contributed by atoms with Gasteiger partial charge in [-0.1, -0.05) is 31.9 Å². The number of hydrogen-bond donors (Lipinski definition) is 1. The van der Waals surface area contributed by atoms with Crippen molar-refractivity contribution < 1.29 is 9.72 Å². The number of nitrogens with zero attached hydrogens (tertiary/aromatic N) is 2. The van der Waals surface area contributed by atoms with E-state index in [1.54, 1.807) is 18.2 Å². The fourth-order valence-corrected chi connectivity index (χ4v) is 4.10. The molecule has 0 radical (unpaired) electrons. The molecule has 25 heavy (non-hydrogen) atoms. The predicted octanol–water partition coefficient (Wildman–Crippen LogP) is 3.51. The molecule has 1 N–H and O–H groups in total. The molecule has 0 unspecified atom stereocenters. The normalized spacial score (nSPS) is 24.8. The predicted molar refractivity (Wildman–Crippen MR) is 97.6 cm³/mol. The van der Waals surface area contributed by atoms with E-state index >= 15 is 0 Å². The van der Waals surface area contributed by atoms with Gasteiger partial charge in [-0.05, 0) is 37.7 Å². The molecule has 0 aromatic heterocycles. The second-order valence-electron chi connectivity index (χ2n) is 7.38. The lowest BCUT2D eigenvalue weighted by Gasteiger charge is -2.35. The summed E-state index contributed by atoms with van der Waals surface area (Å²) in [5, 5.41) is 14.5.